The van der Waals surface area contributed by atoms with Crippen LogP contribution >= 0.6 is 0 Å². The highest BCUT2D eigenvalue weighted by molar-refractivity contribution is 5.98. The van der Waals surface area contributed by atoms with Crippen LogP contribution in [0.5, 0.6) is 11.5 Å². The zero-order chi connectivity index (χ0) is 18.9. The minimum absolute atomic E-state index is 0.00310. The number of benzene rings is 1. The van der Waals surface area contributed by atoms with E-state index >= 15 is 0 Å². The third-order valence-electron chi connectivity index (χ3n) is 4.33. The fourth-order valence-electron chi connectivity index (χ4n) is 2.87. The molecule has 1 amide bonds. The van der Waals surface area contributed by atoms with Crippen molar-refractivity contribution in [2.45, 2.75) is 52.0 Å². The first-order chi connectivity index (χ1) is 12.5. The molecule has 26 heavy (non-hydrogen) atoms. The Morgan fingerprint density at radius 1 is 1.12 bits per heavy atom. The summed E-state index contributed by atoms with van der Waals surface area (Å²) in [6.45, 7) is 6.50. The highest BCUT2D eigenvalue weighted by Gasteiger charge is 2.24. The number of carbonyl (C=O) groups excluding carboxylic acids is 2. The molecule has 0 unspecified atom stereocenters. The molecule has 1 aromatic carbocycles. The zero-order valence-corrected chi connectivity index (χ0v) is 15.8. The molecule has 2 N–H and O–H groups in total. The molecule has 1 fully saturated rings. The van der Waals surface area contributed by atoms with E-state index in [1.807, 2.05) is 13.8 Å². The Hall–Kier alpha value is -2.08. The van der Waals surface area contributed by atoms with Crippen molar-refractivity contribution in [2.24, 2.45) is 5.73 Å². The minimum atomic E-state index is -0.0646. The van der Waals surface area contributed by atoms with Gasteiger partial charge in [0.15, 0.2) is 17.3 Å². The number of carbonyl (C=O) groups is 2. The molecule has 0 aromatic heterocycles. The summed E-state index contributed by atoms with van der Waals surface area (Å²) in [7, 11) is 0. The largest absolute Gasteiger partial charge is 0.490 e. The number of ketones is 1. The second kappa shape index (κ2) is 10.2. The number of amides is 1. The topological polar surface area (TPSA) is 81.9 Å². The summed E-state index contributed by atoms with van der Waals surface area (Å²) in [6, 6.07) is 5.29. The van der Waals surface area contributed by atoms with Crippen LogP contribution in [0, 0.1) is 0 Å². The van der Waals surface area contributed by atoms with Gasteiger partial charge in [0.2, 0.25) is 5.91 Å². The van der Waals surface area contributed by atoms with Crippen molar-refractivity contribution in [3.05, 3.63) is 23.8 Å². The van der Waals surface area contributed by atoms with E-state index in [0.29, 0.717) is 43.4 Å². The lowest BCUT2D eigenvalue weighted by atomic mass is 10.1. The molecule has 1 aliphatic rings. The average molecular weight is 362 g/mol. The molecule has 6 heteroatoms. The van der Waals surface area contributed by atoms with Crippen molar-refractivity contribution in [2.75, 3.05) is 26.3 Å². The number of rotatable bonds is 10. The Morgan fingerprint density at radius 3 is 2.42 bits per heavy atom. The van der Waals surface area contributed by atoms with Crippen LogP contribution in [0.25, 0.3) is 0 Å². The molecule has 1 heterocycles. The van der Waals surface area contributed by atoms with E-state index in [1.165, 1.54) is 0 Å². The van der Waals surface area contributed by atoms with Crippen molar-refractivity contribution in [3.63, 3.8) is 0 Å². The summed E-state index contributed by atoms with van der Waals surface area (Å²) in [5, 5.41) is 0. The summed E-state index contributed by atoms with van der Waals surface area (Å²) in [4.78, 5) is 26.4. The first-order valence-corrected chi connectivity index (χ1v) is 9.51. The fraction of sp³-hybridized carbons (Fsp3) is 0.600. The molecule has 0 spiro atoms. The average Bonchev–Trinajstić information content (AvgIpc) is 3.09. The van der Waals surface area contributed by atoms with Crippen LogP contribution in [-0.4, -0.2) is 48.9 Å². The molecule has 1 saturated heterocycles. The third-order valence-corrected chi connectivity index (χ3v) is 4.33. The van der Waals surface area contributed by atoms with Crippen LogP contribution in [0.3, 0.4) is 0 Å². The third kappa shape index (κ3) is 5.73. The van der Waals surface area contributed by atoms with E-state index < -0.39 is 0 Å². The number of hydrogen-bond acceptors (Lipinski definition) is 5. The molecule has 0 saturated carbocycles. The first-order valence-electron chi connectivity index (χ1n) is 9.51. The highest BCUT2D eigenvalue weighted by atomic mass is 16.5. The number of likely N-dealkylation sites (tertiary alicyclic amines) is 1. The molecule has 0 bridgehead atoms. The molecule has 144 valence electrons. The number of ether oxygens (including phenoxy) is 2. The van der Waals surface area contributed by atoms with Gasteiger partial charge in [-0.1, -0.05) is 13.8 Å². The van der Waals surface area contributed by atoms with E-state index in [1.54, 1.807) is 23.1 Å². The highest BCUT2D eigenvalue weighted by Crippen LogP contribution is 2.29. The number of nitrogens with two attached hydrogens (primary N) is 1. The number of nitrogens with zero attached hydrogens (tertiary/aromatic N) is 1. The van der Waals surface area contributed by atoms with Crippen molar-refractivity contribution in [1.29, 1.82) is 0 Å². The van der Waals surface area contributed by atoms with Crippen molar-refractivity contribution >= 4 is 11.7 Å². The van der Waals surface area contributed by atoms with Gasteiger partial charge in [0.25, 0.3) is 0 Å². The maximum absolute atomic E-state index is 12.5. The lowest BCUT2D eigenvalue weighted by molar-refractivity contribution is -0.130. The van der Waals surface area contributed by atoms with Crippen LogP contribution in [-0.2, 0) is 4.79 Å². The molecule has 1 aliphatic heterocycles. The van der Waals surface area contributed by atoms with Gasteiger partial charge in [-0.05, 0) is 37.5 Å². The maximum Gasteiger partial charge on any atom is 0.223 e. The Morgan fingerprint density at radius 2 is 1.81 bits per heavy atom. The van der Waals surface area contributed by atoms with Crippen molar-refractivity contribution < 1.29 is 19.1 Å². The van der Waals surface area contributed by atoms with Gasteiger partial charge in [0.05, 0.1) is 13.2 Å². The van der Waals surface area contributed by atoms with E-state index in [-0.39, 0.29) is 30.6 Å². The van der Waals surface area contributed by atoms with Gasteiger partial charge in [-0.25, -0.2) is 0 Å². The van der Waals surface area contributed by atoms with Gasteiger partial charge in [-0.3, -0.25) is 9.59 Å². The summed E-state index contributed by atoms with van der Waals surface area (Å²) in [6.07, 6.45) is 3.00. The van der Waals surface area contributed by atoms with E-state index in [4.69, 9.17) is 15.2 Å². The van der Waals surface area contributed by atoms with Crippen LogP contribution in [0.15, 0.2) is 18.2 Å². The molecular weight excluding hydrogens is 332 g/mol. The van der Waals surface area contributed by atoms with Crippen LogP contribution in [0.4, 0.5) is 0 Å². The second-order valence-corrected chi connectivity index (χ2v) is 6.67. The van der Waals surface area contributed by atoms with Crippen LogP contribution in [0.1, 0.15) is 56.3 Å². The van der Waals surface area contributed by atoms with Gasteiger partial charge < -0.3 is 20.1 Å². The van der Waals surface area contributed by atoms with E-state index in [2.05, 4.69) is 0 Å². The molecule has 1 atom stereocenters. The zero-order valence-electron chi connectivity index (χ0n) is 15.8. The smallest absolute Gasteiger partial charge is 0.223 e. The first kappa shape index (κ1) is 20.2. The van der Waals surface area contributed by atoms with Gasteiger partial charge in [-0.15, -0.1) is 0 Å². The van der Waals surface area contributed by atoms with Gasteiger partial charge in [0, 0.05) is 37.5 Å². The maximum atomic E-state index is 12.5. The Labute approximate surface area is 155 Å². The Bertz CT molecular complexity index is 618. The molecular formula is C20H30N2O4. The van der Waals surface area contributed by atoms with E-state index in [0.717, 1.165) is 19.3 Å². The molecule has 1 aromatic rings. The second-order valence-electron chi connectivity index (χ2n) is 6.67. The van der Waals surface area contributed by atoms with Crippen LogP contribution in [0.2, 0.25) is 0 Å². The molecule has 0 radical (unpaired) electrons. The minimum Gasteiger partial charge on any atom is -0.490 e. The monoisotopic (exact) mass is 362 g/mol. The molecule has 0 aliphatic carbocycles. The van der Waals surface area contributed by atoms with Crippen molar-refractivity contribution in [1.82, 2.24) is 4.90 Å². The van der Waals surface area contributed by atoms with Crippen molar-refractivity contribution in [3.8, 4) is 11.5 Å². The predicted octanol–water partition coefficient (Wildman–Crippen LogP) is 2.79. The lowest BCUT2D eigenvalue weighted by Crippen LogP contribution is -2.32. The summed E-state index contributed by atoms with van der Waals surface area (Å²) < 4.78 is 11.4. The van der Waals surface area contributed by atoms with Gasteiger partial charge in [0.1, 0.15) is 0 Å². The number of hydrogen-bond donors (Lipinski definition) is 1. The van der Waals surface area contributed by atoms with Gasteiger partial charge in [-0.2, -0.15) is 0 Å². The normalized spacial score (nSPS) is 16.6. The van der Waals surface area contributed by atoms with Gasteiger partial charge >= 0.3 is 0 Å². The SMILES string of the molecule is CCCOc1ccc(C(=O)CCC(=O)N2CC[C@@H](N)C2)cc1OCCC. The Balaban J connectivity index is 1.97. The predicted molar refractivity (Wildman–Crippen MR) is 101 cm³/mol. The summed E-state index contributed by atoms with van der Waals surface area (Å²) in [5.41, 5.74) is 6.38. The summed E-state index contributed by atoms with van der Waals surface area (Å²) in [5.74, 6) is 1.17. The lowest BCUT2D eigenvalue weighted by Gasteiger charge is -2.16. The summed E-state index contributed by atoms with van der Waals surface area (Å²) >= 11 is 0. The number of Topliss-reactive ketones (excluding diaryl/α,β-unsaturated/α-hetero) is 1. The Kier molecular flexibility index (Phi) is 7.91. The quantitative estimate of drug-likeness (QED) is 0.647. The molecule has 2 rings (SSSR count). The van der Waals surface area contributed by atoms with Crippen LogP contribution < -0.4 is 15.2 Å². The fourth-order valence-corrected chi connectivity index (χ4v) is 2.87. The standard InChI is InChI=1S/C20H30N2O4/c1-3-11-25-18-7-5-15(13-19(18)26-12-4-2)17(23)6-8-20(24)22-10-9-16(21)14-22/h5,7,13,16H,3-4,6,8-12,14,21H2,1-2H3/t16-/m1/s1. The molecule has 6 nitrogen and oxygen atoms in total. The van der Waals surface area contributed by atoms with E-state index in [9.17, 15) is 9.59 Å².